The van der Waals surface area contributed by atoms with E-state index in [-0.39, 0.29) is 5.91 Å². The van der Waals surface area contributed by atoms with Gasteiger partial charge in [0.1, 0.15) is 23.0 Å². The lowest BCUT2D eigenvalue weighted by Crippen LogP contribution is -2.23. The average Bonchev–Trinajstić information content (AvgIpc) is 3.32. The molecule has 0 saturated carbocycles. The summed E-state index contributed by atoms with van der Waals surface area (Å²) in [6.45, 7) is 6.05. The number of anilines is 1. The van der Waals surface area contributed by atoms with Gasteiger partial charge >= 0.3 is 0 Å². The maximum absolute atomic E-state index is 13.5. The lowest BCUT2D eigenvalue weighted by molar-refractivity contribution is 0.0964. The van der Waals surface area contributed by atoms with Gasteiger partial charge in [0, 0.05) is 23.9 Å². The summed E-state index contributed by atoms with van der Waals surface area (Å²) in [7, 11) is 3.49. The average molecular weight is 463 g/mol. The highest BCUT2D eigenvalue weighted by molar-refractivity contribution is 8.05. The molecule has 3 rings (SSSR count). The van der Waals surface area contributed by atoms with Gasteiger partial charge in [-0.05, 0) is 55.5 Å². The molecule has 0 atom stereocenters. The quantitative estimate of drug-likeness (QED) is 0.341. The second-order valence-corrected chi connectivity index (χ2v) is 8.29. The van der Waals surface area contributed by atoms with Crippen molar-refractivity contribution in [3.8, 4) is 28.4 Å². The Labute approximate surface area is 199 Å². The number of imidazole rings is 1. The van der Waals surface area contributed by atoms with Crippen LogP contribution in [0.1, 0.15) is 37.7 Å². The molecule has 0 fully saturated rings. The fraction of sp³-hybridized carbons (Fsp3) is 0.231. The van der Waals surface area contributed by atoms with E-state index in [2.05, 4.69) is 22.5 Å². The number of aromatic amines is 1. The minimum atomic E-state index is -0.240. The predicted molar refractivity (Wildman–Crippen MR) is 138 cm³/mol. The van der Waals surface area contributed by atoms with Gasteiger partial charge in [-0.15, -0.1) is 0 Å². The molecule has 0 aliphatic rings. The largest absolute Gasteiger partial charge is 0.497 e. The van der Waals surface area contributed by atoms with Crippen molar-refractivity contribution in [3.63, 3.8) is 0 Å². The van der Waals surface area contributed by atoms with Crippen LogP contribution < -0.4 is 15.4 Å². The van der Waals surface area contributed by atoms with Gasteiger partial charge in [-0.3, -0.25) is 4.79 Å². The van der Waals surface area contributed by atoms with Crippen molar-refractivity contribution < 1.29 is 9.53 Å². The number of allylic oxidation sites excluding steroid dienone is 2. The Balaban J connectivity index is 2.09. The Bertz CT molecular complexity index is 1180. The van der Waals surface area contributed by atoms with E-state index in [1.54, 1.807) is 7.11 Å². The molecule has 0 aliphatic heterocycles. The lowest BCUT2D eigenvalue weighted by atomic mass is 10.1. The van der Waals surface area contributed by atoms with E-state index >= 15 is 0 Å². The van der Waals surface area contributed by atoms with Crippen LogP contribution in [-0.4, -0.2) is 30.0 Å². The van der Waals surface area contributed by atoms with E-state index in [1.807, 2.05) is 80.9 Å². The molecule has 0 spiro atoms. The van der Waals surface area contributed by atoms with Crippen LogP contribution in [0.15, 0.2) is 70.6 Å². The summed E-state index contributed by atoms with van der Waals surface area (Å²) in [5.74, 6) is 1.08. The monoisotopic (exact) mass is 462 g/mol. The Morgan fingerprint density at radius 1 is 1.18 bits per heavy atom. The molecule has 2 aromatic carbocycles. The predicted octanol–water partition coefficient (Wildman–Crippen LogP) is 6.43. The Hall–Kier alpha value is -3.45. The second kappa shape index (κ2) is 11.4. The number of aromatic nitrogens is 2. The minimum Gasteiger partial charge on any atom is -0.497 e. The first-order chi connectivity index (χ1) is 16.0. The minimum absolute atomic E-state index is 0.240. The molecule has 33 heavy (non-hydrogen) atoms. The van der Waals surface area contributed by atoms with Crippen molar-refractivity contribution in [2.45, 2.75) is 27.2 Å². The maximum atomic E-state index is 13.5. The molecule has 0 radical (unpaired) electrons. The number of ether oxygens (including phenoxy) is 1. The standard InChI is InChI=1S/C26H30N4O2S/c1-6-14-33-26(17(3)7-2)30-25(31)23-22(18-10-9-13-21(16-18)32-5)28-24(29-23)19-11-8-12-20(15-19)27-4/h6,8-16,27H,7H2,1-5H3,(H,28,29)(H,30,31)/b14-6-,26-17+. The van der Waals surface area contributed by atoms with E-state index in [1.165, 1.54) is 11.8 Å². The summed E-state index contributed by atoms with van der Waals surface area (Å²) < 4.78 is 5.39. The molecule has 6 nitrogen and oxygen atoms in total. The maximum Gasteiger partial charge on any atom is 0.274 e. The van der Waals surface area contributed by atoms with Crippen molar-refractivity contribution in [2.75, 3.05) is 19.5 Å². The highest BCUT2D eigenvalue weighted by Gasteiger charge is 2.21. The Kier molecular flexibility index (Phi) is 8.38. The van der Waals surface area contributed by atoms with Crippen LogP contribution in [0.3, 0.4) is 0 Å². The number of methoxy groups -OCH3 is 1. The Morgan fingerprint density at radius 2 is 1.94 bits per heavy atom. The highest BCUT2D eigenvalue weighted by Crippen LogP contribution is 2.30. The number of H-pyrrole nitrogens is 1. The van der Waals surface area contributed by atoms with Gasteiger partial charge in [0.05, 0.1) is 12.1 Å². The van der Waals surface area contributed by atoms with Crippen molar-refractivity contribution in [3.05, 3.63) is 76.3 Å². The van der Waals surface area contributed by atoms with Gasteiger partial charge in [0.15, 0.2) is 0 Å². The summed E-state index contributed by atoms with van der Waals surface area (Å²) in [4.78, 5) is 21.5. The fourth-order valence-corrected chi connectivity index (χ4v) is 3.94. The molecular formula is C26H30N4O2S. The summed E-state index contributed by atoms with van der Waals surface area (Å²) >= 11 is 1.50. The number of nitrogens with one attached hydrogen (secondary N) is 3. The van der Waals surface area contributed by atoms with E-state index in [0.29, 0.717) is 23.0 Å². The molecule has 172 valence electrons. The fourth-order valence-electron chi connectivity index (χ4n) is 3.17. The first-order valence-corrected chi connectivity index (χ1v) is 11.7. The van der Waals surface area contributed by atoms with Gasteiger partial charge in [-0.1, -0.05) is 49.0 Å². The van der Waals surface area contributed by atoms with E-state index < -0.39 is 0 Å². The smallest absolute Gasteiger partial charge is 0.274 e. The number of thioether (sulfide) groups is 1. The van der Waals surface area contributed by atoms with Crippen LogP contribution in [-0.2, 0) is 0 Å². The summed E-state index contributed by atoms with van der Waals surface area (Å²) in [5.41, 5.74) is 4.72. The SMILES string of the molecule is C/C=C\S/C(NC(=O)c1[nH]c(-c2cccc(NC)c2)nc1-c1cccc(OC)c1)=C(\C)CC. The molecule has 0 aliphatic carbocycles. The van der Waals surface area contributed by atoms with E-state index in [9.17, 15) is 4.79 Å². The van der Waals surface area contributed by atoms with Crippen molar-refractivity contribution >= 4 is 23.4 Å². The van der Waals surface area contributed by atoms with Crippen LogP contribution in [0.2, 0.25) is 0 Å². The van der Waals surface area contributed by atoms with Crippen LogP contribution in [0.4, 0.5) is 5.69 Å². The van der Waals surface area contributed by atoms with Crippen molar-refractivity contribution in [2.24, 2.45) is 0 Å². The molecule has 0 unspecified atom stereocenters. The number of carbonyl (C=O) groups is 1. The van der Waals surface area contributed by atoms with Crippen LogP contribution in [0.25, 0.3) is 22.6 Å². The van der Waals surface area contributed by atoms with E-state index in [4.69, 9.17) is 9.72 Å². The summed E-state index contributed by atoms with van der Waals surface area (Å²) in [5, 5.41) is 9.00. The molecule has 1 amide bonds. The molecule has 7 heteroatoms. The van der Waals surface area contributed by atoms with Gasteiger partial charge < -0.3 is 20.4 Å². The van der Waals surface area contributed by atoms with Crippen molar-refractivity contribution in [1.82, 2.24) is 15.3 Å². The molecular weight excluding hydrogens is 432 g/mol. The lowest BCUT2D eigenvalue weighted by Gasteiger charge is -2.11. The number of amides is 1. The first-order valence-electron chi connectivity index (χ1n) is 10.8. The molecule has 3 N–H and O–H groups in total. The summed E-state index contributed by atoms with van der Waals surface area (Å²) in [6.07, 6.45) is 2.79. The number of hydrogen-bond acceptors (Lipinski definition) is 5. The number of benzene rings is 2. The van der Waals surface area contributed by atoms with Crippen LogP contribution in [0, 0.1) is 0 Å². The third kappa shape index (κ3) is 5.87. The number of rotatable bonds is 9. The molecule has 0 saturated heterocycles. The zero-order chi connectivity index (χ0) is 23.8. The Morgan fingerprint density at radius 3 is 2.64 bits per heavy atom. The third-order valence-electron chi connectivity index (χ3n) is 5.17. The molecule has 3 aromatic rings. The number of carbonyl (C=O) groups excluding carboxylic acids is 1. The van der Waals surface area contributed by atoms with Crippen LogP contribution in [0.5, 0.6) is 5.75 Å². The normalized spacial score (nSPS) is 11.9. The van der Waals surface area contributed by atoms with E-state index in [0.717, 1.165) is 33.8 Å². The van der Waals surface area contributed by atoms with Gasteiger partial charge in [0.2, 0.25) is 0 Å². The van der Waals surface area contributed by atoms with Crippen LogP contribution >= 0.6 is 11.8 Å². The number of nitrogens with zero attached hydrogens (tertiary/aromatic N) is 1. The number of hydrogen-bond donors (Lipinski definition) is 3. The molecule has 1 heterocycles. The van der Waals surface area contributed by atoms with Gasteiger partial charge in [-0.2, -0.15) is 0 Å². The molecule has 0 bridgehead atoms. The van der Waals surface area contributed by atoms with Gasteiger partial charge in [-0.25, -0.2) is 4.98 Å². The third-order valence-corrected chi connectivity index (χ3v) is 6.26. The van der Waals surface area contributed by atoms with Gasteiger partial charge in [0.25, 0.3) is 5.91 Å². The summed E-state index contributed by atoms with van der Waals surface area (Å²) in [6, 6.07) is 15.4. The zero-order valence-corrected chi connectivity index (χ0v) is 20.5. The molecule has 1 aromatic heterocycles. The zero-order valence-electron chi connectivity index (χ0n) is 19.7. The second-order valence-electron chi connectivity index (χ2n) is 7.38. The topological polar surface area (TPSA) is 79.0 Å². The first kappa shape index (κ1) is 24.2. The highest BCUT2D eigenvalue weighted by atomic mass is 32.2. The van der Waals surface area contributed by atoms with Crippen molar-refractivity contribution in [1.29, 1.82) is 0 Å².